The van der Waals surface area contributed by atoms with E-state index in [0.717, 1.165) is 49.9 Å². The number of nitrogens with one attached hydrogen (secondary N) is 2. The van der Waals surface area contributed by atoms with Gasteiger partial charge in [0.05, 0.1) is 0 Å². The van der Waals surface area contributed by atoms with Gasteiger partial charge >= 0.3 is 0 Å². The van der Waals surface area contributed by atoms with Gasteiger partial charge in [-0.25, -0.2) is 0 Å². The first-order valence-corrected chi connectivity index (χ1v) is 9.83. The second kappa shape index (κ2) is 12.1. The molecule has 27 heavy (non-hydrogen) atoms. The summed E-state index contributed by atoms with van der Waals surface area (Å²) in [4.78, 5) is 23.7. The van der Waals surface area contributed by atoms with E-state index in [2.05, 4.69) is 16.7 Å². The predicted octanol–water partition coefficient (Wildman–Crippen LogP) is 5.84. The van der Waals surface area contributed by atoms with Crippen molar-refractivity contribution in [2.24, 2.45) is 0 Å². The van der Waals surface area contributed by atoms with Gasteiger partial charge in [0, 0.05) is 29.2 Å². The van der Waals surface area contributed by atoms with Crippen molar-refractivity contribution >= 4 is 34.8 Å². The van der Waals surface area contributed by atoms with Gasteiger partial charge in [-0.3, -0.25) is 9.59 Å². The molecule has 0 unspecified atom stereocenters. The third-order valence-corrected chi connectivity index (χ3v) is 4.44. The fraction of sp³-hybridized carbons (Fsp3) is 0.364. The molecule has 0 aliphatic rings. The zero-order valence-corrected chi connectivity index (χ0v) is 16.2. The topological polar surface area (TPSA) is 58.2 Å². The van der Waals surface area contributed by atoms with Crippen LogP contribution in [0.5, 0.6) is 0 Å². The number of unbranched alkanes of at least 4 members (excludes halogenated alkanes) is 5. The van der Waals surface area contributed by atoms with E-state index in [1.807, 2.05) is 12.1 Å². The lowest BCUT2D eigenvalue weighted by Crippen LogP contribution is -2.11. The standard InChI is InChI=1S/C22H26ClN2O2/c23-18-14-16-20(17-15-18)25-22(27)13-9-4-2-1-3-8-12-21(26)24-19-10-6-5-7-11-19/h6-7,10-11,14-17H,1-4,8-9,12-13H2,(H,24,26)(H,25,27). The smallest absolute Gasteiger partial charge is 0.224 e. The van der Waals surface area contributed by atoms with Gasteiger partial charge in [0.2, 0.25) is 11.8 Å². The summed E-state index contributed by atoms with van der Waals surface area (Å²) >= 11 is 5.82. The summed E-state index contributed by atoms with van der Waals surface area (Å²) in [7, 11) is 0. The van der Waals surface area contributed by atoms with Crippen LogP contribution in [0.1, 0.15) is 51.4 Å². The molecular weight excluding hydrogens is 360 g/mol. The minimum Gasteiger partial charge on any atom is -0.326 e. The van der Waals surface area contributed by atoms with Gasteiger partial charge in [0.25, 0.3) is 0 Å². The van der Waals surface area contributed by atoms with E-state index in [9.17, 15) is 9.59 Å². The Bertz CT molecular complexity index is 702. The Kier molecular flexibility index (Phi) is 9.42. The maximum absolute atomic E-state index is 11.9. The summed E-state index contributed by atoms with van der Waals surface area (Å²) in [5.74, 6) is 0.0903. The molecule has 0 heterocycles. The van der Waals surface area contributed by atoms with Crippen LogP contribution in [0.3, 0.4) is 0 Å². The number of amides is 2. The van der Waals surface area contributed by atoms with Crippen molar-refractivity contribution in [3.63, 3.8) is 0 Å². The molecule has 0 atom stereocenters. The Labute approximate surface area is 166 Å². The molecule has 0 aliphatic heterocycles. The van der Waals surface area contributed by atoms with Crippen LogP contribution in [-0.2, 0) is 9.59 Å². The van der Waals surface area contributed by atoms with E-state index in [1.165, 1.54) is 0 Å². The Morgan fingerprint density at radius 3 is 1.67 bits per heavy atom. The van der Waals surface area contributed by atoms with E-state index < -0.39 is 0 Å². The van der Waals surface area contributed by atoms with Crippen molar-refractivity contribution in [1.82, 2.24) is 0 Å². The molecule has 2 N–H and O–H groups in total. The number of halogens is 1. The van der Waals surface area contributed by atoms with E-state index in [0.29, 0.717) is 17.9 Å². The largest absolute Gasteiger partial charge is 0.326 e. The lowest BCUT2D eigenvalue weighted by atomic mass is 10.1. The summed E-state index contributed by atoms with van der Waals surface area (Å²) < 4.78 is 0. The number of anilines is 2. The maximum Gasteiger partial charge on any atom is 0.224 e. The molecule has 0 saturated carbocycles. The van der Waals surface area contributed by atoms with Gasteiger partial charge in [-0.1, -0.05) is 49.4 Å². The zero-order chi connectivity index (χ0) is 19.3. The summed E-state index contributed by atoms with van der Waals surface area (Å²) in [6.07, 6.45) is 7.08. The molecule has 0 spiro atoms. The maximum atomic E-state index is 11.9. The van der Waals surface area contributed by atoms with Gasteiger partial charge < -0.3 is 10.6 Å². The third kappa shape index (κ3) is 9.25. The summed E-state index contributed by atoms with van der Waals surface area (Å²) in [5, 5.41) is 6.40. The van der Waals surface area contributed by atoms with Crippen LogP contribution < -0.4 is 10.6 Å². The predicted molar refractivity (Wildman–Crippen MR) is 111 cm³/mol. The van der Waals surface area contributed by atoms with E-state index in [4.69, 9.17) is 11.6 Å². The molecule has 0 aromatic heterocycles. The minimum atomic E-state index is 0.0347. The van der Waals surface area contributed by atoms with Gasteiger partial charge in [-0.15, -0.1) is 0 Å². The molecule has 4 nitrogen and oxygen atoms in total. The van der Waals surface area contributed by atoms with Crippen molar-refractivity contribution in [3.8, 4) is 0 Å². The lowest BCUT2D eigenvalue weighted by molar-refractivity contribution is -0.117. The molecular formula is C22H26ClN2O2. The normalized spacial score (nSPS) is 10.4. The van der Waals surface area contributed by atoms with Crippen LogP contribution in [0.15, 0.2) is 48.5 Å². The van der Waals surface area contributed by atoms with Crippen LogP contribution in [0, 0.1) is 6.07 Å². The van der Waals surface area contributed by atoms with Gasteiger partial charge in [-0.2, -0.15) is 0 Å². The average molecular weight is 386 g/mol. The second-order valence-electron chi connectivity index (χ2n) is 6.51. The summed E-state index contributed by atoms with van der Waals surface area (Å²) in [5.41, 5.74) is 1.59. The van der Waals surface area contributed by atoms with Crippen LogP contribution >= 0.6 is 11.6 Å². The highest BCUT2D eigenvalue weighted by Gasteiger charge is 2.03. The average Bonchev–Trinajstić information content (AvgIpc) is 2.66. The Morgan fingerprint density at radius 1 is 0.704 bits per heavy atom. The molecule has 0 fully saturated rings. The van der Waals surface area contributed by atoms with Crippen LogP contribution in [0.2, 0.25) is 5.02 Å². The van der Waals surface area contributed by atoms with Crippen LogP contribution in [0.4, 0.5) is 11.4 Å². The molecule has 0 aliphatic carbocycles. The first-order valence-electron chi connectivity index (χ1n) is 9.45. The van der Waals surface area contributed by atoms with E-state index >= 15 is 0 Å². The number of carbonyl (C=O) groups excluding carboxylic acids is 2. The van der Waals surface area contributed by atoms with Crippen molar-refractivity contribution in [3.05, 3.63) is 59.6 Å². The number of hydrogen-bond donors (Lipinski definition) is 2. The minimum absolute atomic E-state index is 0.0347. The molecule has 0 bridgehead atoms. The first-order chi connectivity index (χ1) is 13.1. The Morgan fingerprint density at radius 2 is 1.15 bits per heavy atom. The lowest BCUT2D eigenvalue weighted by Gasteiger charge is -2.06. The zero-order valence-electron chi connectivity index (χ0n) is 15.5. The molecule has 2 aromatic rings. The van der Waals surface area contributed by atoms with E-state index in [1.54, 1.807) is 36.4 Å². The van der Waals surface area contributed by atoms with E-state index in [-0.39, 0.29) is 11.8 Å². The fourth-order valence-electron chi connectivity index (χ4n) is 2.73. The van der Waals surface area contributed by atoms with Crippen molar-refractivity contribution in [1.29, 1.82) is 0 Å². The first kappa shape index (κ1) is 21.0. The molecule has 2 amide bonds. The van der Waals surface area contributed by atoms with Crippen LogP contribution in [-0.4, -0.2) is 11.8 Å². The monoisotopic (exact) mass is 385 g/mol. The Hall–Kier alpha value is -2.33. The number of hydrogen-bond acceptors (Lipinski definition) is 2. The SMILES string of the molecule is O=C(CCCCCCCCC(=O)Nc1ccc(Cl)cc1)Nc1cc[c]cc1. The number of rotatable bonds is 11. The highest BCUT2D eigenvalue weighted by Crippen LogP contribution is 2.15. The summed E-state index contributed by atoms with van der Waals surface area (Å²) in [6, 6.07) is 17.3. The molecule has 1 radical (unpaired) electrons. The molecule has 2 rings (SSSR count). The second-order valence-corrected chi connectivity index (χ2v) is 6.95. The highest BCUT2D eigenvalue weighted by molar-refractivity contribution is 6.30. The van der Waals surface area contributed by atoms with Gasteiger partial charge in [0.15, 0.2) is 0 Å². The molecule has 143 valence electrons. The quantitative estimate of drug-likeness (QED) is 0.477. The molecule has 2 aromatic carbocycles. The fourth-order valence-corrected chi connectivity index (χ4v) is 2.85. The van der Waals surface area contributed by atoms with Crippen molar-refractivity contribution < 1.29 is 9.59 Å². The van der Waals surface area contributed by atoms with Crippen molar-refractivity contribution in [2.75, 3.05) is 10.6 Å². The van der Waals surface area contributed by atoms with Crippen molar-refractivity contribution in [2.45, 2.75) is 51.4 Å². The molecule has 0 saturated heterocycles. The summed E-state index contributed by atoms with van der Waals surface area (Å²) in [6.45, 7) is 0. The van der Waals surface area contributed by atoms with Gasteiger partial charge in [0.1, 0.15) is 0 Å². The Balaban J connectivity index is 1.44. The molecule has 5 heteroatoms. The van der Waals surface area contributed by atoms with Gasteiger partial charge in [-0.05, 0) is 55.3 Å². The highest BCUT2D eigenvalue weighted by atomic mass is 35.5. The number of carbonyl (C=O) groups is 2. The van der Waals surface area contributed by atoms with Crippen LogP contribution in [0.25, 0.3) is 0 Å². The number of benzene rings is 2. The third-order valence-electron chi connectivity index (χ3n) is 4.19.